The van der Waals surface area contributed by atoms with Gasteiger partial charge < -0.3 is 15.4 Å². The Morgan fingerprint density at radius 1 is 0.688 bits per heavy atom. The molecule has 0 aromatic heterocycles. The van der Waals surface area contributed by atoms with Crippen LogP contribution in [0.4, 0.5) is 4.79 Å². The molecule has 6 rings (SSSR count). The number of hydrogen-bond donors (Lipinski definition) is 2. The van der Waals surface area contributed by atoms with E-state index in [1.165, 1.54) is 14.2 Å². The molecule has 1 atom stereocenters. The number of ether oxygens (including phenoxy) is 1. The molecule has 0 bridgehead atoms. The number of carbonyl (C=O) groups is 3. The molecule has 0 saturated heterocycles. The fraction of sp³-hybridized carbons (Fsp3) is 0.175. The first-order valence-corrected chi connectivity index (χ1v) is 15.8. The molecule has 0 heterocycles. The molecule has 48 heavy (non-hydrogen) atoms. The van der Waals surface area contributed by atoms with Crippen LogP contribution >= 0.6 is 0 Å². The van der Waals surface area contributed by atoms with Gasteiger partial charge in [-0.3, -0.25) is 14.4 Å². The first-order chi connectivity index (χ1) is 23.4. The van der Waals surface area contributed by atoms with Gasteiger partial charge in [0, 0.05) is 13.0 Å². The Labute approximate surface area is 280 Å². The number of fused-ring (bicyclic) bond motifs is 3. The van der Waals surface area contributed by atoms with Gasteiger partial charge in [0.05, 0.1) is 13.5 Å². The van der Waals surface area contributed by atoms with E-state index < -0.39 is 29.5 Å². The molecule has 0 saturated carbocycles. The van der Waals surface area contributed by atoms with Crippen molar-refractivity contribution in [3.63, 3.8) is 0 Å². The van der Waals surface area contributed by atoms with Gasteiger partial charge >= 0.3 is 6.09 Å². The van der Waals surface area contributed by atoms with Crippen LogP contribution in [0.2, 0.25) is 0 Å². The molecule has 0 aliphatic heterocycles. The SMILES string of the molecule is CON(C)C(=O)[C@H](CC(=O)NC(c1ccccc1)(c1ccccc1)c1ccccc1)NC(=O)OCC1c2ccccc2-c2ccccc21. The lowest BCUT2D eigenvalue weighted by Crippen LogP contribution is -2.53. The molecule has 0 spiro atoms. The third-order valence-electron chi connectivity index (χ3n) is 8.85. The number of carbonyl (C=O) groups excluding carboxylic acids is 3. The number of rotatable bonds is 11. The summed E-state index contributed by atoms with van der Waals surface area (Å²) in [6.45, 7) is 0.0617. The Bertz CT molecular complexity index is 1740. The van der Waals surface area contributed by atoms with Crippen LogP contribution in [-0.2, 0) is 24.7 Å². The predicted octanol–water partition coefficient (Wildman–Crippen LogP) is 6.41. The van der Waals surface area contributed by atoms with Crippen LogP contribution < -0.4 is 10.6 Å². The van der Waals surface area contributed by atoms with E-state index in [0.29, 0.717) is 0 Å². The fourth-order valence-corrected chi connectivity index (χ4v) is 6.52. The topological polar surface area (TPSA) is 97.0 Å². The highest BCUT2D eigenvalue weighted by Crippen LogP contribution is 2.44. The van der Waals surface area contributed by atoms with E-state index in [4.69, 9.17) is 9.57 Å². The molecule has 0 unspecified atom stereocenters. The Balaban J connectivity index is 1.25. The molecule has 5 aromatic carbocycles. The maximum Gasteiger partial charge on any atom is 0.407 e. The van der Waals surface area contributed by atoms with E-state index in [0.717, 1.165) is 44.0 Å². The average Bonchev–Trinajstić information content (AvgIpc) is 3.46. The number of benzene rings is 5. The molecular formula is C40H37N3O5. The van der Waals surface area contributed by atoms with Gasteiger partial charge in [-0.15, -0.1) is 0 Å². The second-order valence-electron chi connectivity index (χ2n) is 11.6. The Kier molecular flexibility index (Phi) is 9.64. The number of alkyl carbamates (subject to hydrolysis) is 1. The molecule has 1 aliphatic carbocycles. The van der Waals surface area contributed by atoms with Crippen LogP contribution in [0.25, 0.3) is 11.1 Å². The van der Waals surface area contributed by atoms with Crippen molar-refractivity contribution in [2.75, 3.05) is 20.8 Å². The number of nitrogens with one attached hydrogen (secondary N) is 2. The Morgan fingerprint density at radius 3 is 1.58 bits per heavy atom. The summed E-state index contributed by atoms with van der Waals surface area (Å²) < 4.78 is 5.73. The molecule has 5 aromatic rings. The van der Waals surface area contributed by atoms with Crippen LogP contribution in [0.3, 0.4) is 0 Å². The fourth-order valence-electron chi connectivity index (χ4n) is 6.52. The minimum Gasteiger partial charge on any atom is -0.449 e. The van der Waals surface area contributed by atoms with Crippen molar-refractivity contribution < 1.29 is 24.0 Å². The van der Waals surface area contributed by atoms with E-state index in [1.807, 2.05) is 127 Å². The van der Waals surface area contributed by atoms with E-state index >= 15 is 0 Å². The third-order valence-corrected chi connectivity index (χ3v) is 8.85. The Hall–Kier alpha value is -5.73. The molecule has 3 amide bonds. The monoisotopic (exact) mass is 639 g/mol. The Morgan fingerprint density at radius 2 is 1.12 bits per heavy atom. The van der Waals surface area contributed by atoms with Gasteiger partial charge in [0.2, 0.25) is 5.91 Å². The summed E-state index contributed by atoms with van der Waals surface area (Å²) in [6, 6.07) is 43.8. The average molecular weight is 640 g/mol. The number of hydrogen-bond acceptors (Lipinski definition) is 5. The highest BCUT2D eigenvalue weighted by molar-refractivity contribution is 5.91. The summed E-state index contributed by atoms with van der Waals surface area (Å²) in [5.74, 6) is -1.23. The van der Waals surface area contributed by atoms with Gasteiger partial charge in [-0.05, 0) is 38.9 Å². The van der Waals surface area contributed by atoms with Gasteiger partial charge in [-0.25, -0.2) is 9.86 Å². The highest BCUT2D eigenvalue weighted by Gasteiger charge is 2.39. The van der Waals surface area contributed by atoms with E-state index in [9.17, 15) is 14.4 Å². The van der Waals surface area contributed by atoms with Crippen molar-refractivity contribution in [1.29, 1.82) is 0 Å². The standard InChI is InChI=1S/C40H37N3O5/c1-43(47-2)38(45)36(41-39(46)48-27-35-33-24-14-12-22-31(33)32-23-13-15-25-34(32)35)26-37(44)42-40(28-16-6-3-7-17-28,29-18-8-4-9-19-29)30-20-10-5-11-21-30/h3-25,35-36H,26-27H2,1-2H3,(H,41,46)(H,42,44)/t36-/m0/s1. The lowest BCUT2D eigenvalue weighted by molar-refractivity contribution is -0.171. The second kappa shape index (κ2) is 14.4. The van der Waals surface area contributed by atoms with Crippen molar-refractivity contribution in [1.82, 2.24) is 15.7 Å². The maximum atomic E-state index is 14.1. The summed E-state index contributed by atoms with van der Waals surface area (Å²) in [4.78, 5) is 46.0. The largest absolute Gasteiger partial charge is 0.449 e. The predicted molar refractivity (Wildman–Crippen MR) is 184 cm³/mol. The second-order valence-corrected chi connectivity index (χ2v) is 11.6. The maximum absolute atomic E-state index is 14.1. The summed E-state index contributed by atoms with van der Waals surface area (Å²) in [6.07, 6.45) is -1.18. The zero-order chi connectivity index (χ0) is 33.5. The van der Waals surface area contributed by atoms with Gasteiger partial charge in [0.15, 0.2) is 0 Å². The van der Waals surface area contributed by atoms with E-state index in [-0.39, 0.29) is 18.9 Å². The van der Waals surface area contributed by atoms with Crippen molar-refractivity contribution in [3.8, 4) is 11.1 Å². The number of hydroxylamine groups is 2. The quantitative estimate of drug-likeness (QED) is 0.129. The normalized spacial score (nSPS) is 12.7. The van der Waals surface area contributed by atoms with Crippen LogP contribution in [0.15, 0.2) is 140 Å². The van der Waals surface area contributed by atoms with Crippen LogP contribution in [0.1, 0.15) is 40.2 Å². The third kappa shape index (κ3) is 6.43. The number of likely N-dealkylation sites (N-methyl/N-ethyl adjacent to an activating group) is 1. The van der Waals surface area contributed by atoms with Crippen molar-refractivity contribution in [2.24, 2.45) is 0 Å². The summed E-state index contributed by atoms with van der Waals surface area (Å²) in [5, 5.41) is 6.88. The van der Waals surface area contributed by atoms with Crippen molar-refractivity contribution in [3.05, 3.63) is 167 Å². The molecule has 8 nitrogen and oxygen atoms in total. The van der Waals surface area contributed by atoms with Crippen LogP contribution in [0.5, 0.6) is 0 Å². The van der Waals surface area contributed by atoms with Crippen molar-refractivity contribution >= 4 is 17.9 Å². The van der Waals surface area contributed by atoms with Gasteiger partial charge in [-0.2, -0.15) is 0 Å². The number of nitrogens with zero attached hydrogens (tertiary/aromatic N) is 1. The molecular weight excluding hydrogens is 602 g/mol. The van der Waals surface area contributed by atoms with Gasteiger partial charge in [0.25, 0.3) is 5.91 Å². The summed E-state index contributed by atoms with van der Waals surface area (Å²) in [5.41, 5.74) is 5.74. The zero-order valence-corrected chi connectivity index (χ0v) is 26.8. The van der Waals surface area contributed by atoms with Gasteiger partial charge in [0.1, 0.15) is 18.2 Å². The number of amides is 3. The minimum atomic E-state index is -1.27. The summed E-state index contributed by atoms with van der Waals surface area (Å²) >= 11 is 0. The first-order valence-electron chi connectivity index (χ1n) is 15.8. The minimum absolute atomic E-state index is 0.0617. The molecule has 0 fully saturated rings. The van der Waals surface area contributed by atoms with Crippen LogP contribution in [0, 0.1) is 0 Å². The first kappa shape index (κ1) is 32.2. The van der Waals surface area contributed by atoms with E-state index in [1.54, 1.807) is 0 Å². The molecule has 242 valence electrons. The van der Waals surface area contributed by atoms with Crippen LogP contribution in [-0.4, -0.2) is 49.8 Å². The lowest BCUT2D eigenvalue weighted by Gasteiger charge is -2.37. The molecule has 1 aliphatic rings. The zero-order valence-electron chi connectivity index (χ0n) is 26.8. The van der Waals surface area contributed by atoms with Crippen molar-refractivity contribution in [2.45, 2.75) is 23.9 Å². The van der Waals surface area contributed by atoms with Gasteiger partial charge in [-0.1, -0.05) is 140 Å². The molecule has 0 radical (unpaired) electrons. The summed E-state index contributed by atoms with van der Waals surface area (Å²) in [7, 11) is 2.77. The highest BCUT2D eigenvalue weighted by atomic mass is 16.7. The smallest absolute Gasteiger partial charge is 0.407 e. The molecule has 2 N–H and O–H groups in total. The van der Waals surface area contributed by atoms with E-state index in [2.05, 4.69) is 22.8 Å². The lowest BCUT2D eigenvalue weighted by atomic mass is 9.77. The molecule has 8 heteroatoms.